The predicted molar refractivity (Wildman–Crippen MR) is 89.7 cm³/mol. The maximum atomic E-state index is 5.55. The van der Waals surface area contributed by atoms with Gasteiger partial charge in [0.2, 0.25) is 0 Å². The molecule has 0 spiro atoms. The van der Waals surface area contributed by atoms with E-state index in [1.54, 1.807) is 0 Å². The molecule has 1 heterocycles. The number of nitrogens with zero attached hydrogens (tertiary/aromatic N) is 1. The second-order valence-electron chi connectivity index (χ2n) is 6.88. The van der Waals surface area contributed by atoms with E-state index in [1.165, 1.54) is 58.0 Å². The first-order valence-corrected chi connectivity index (χ1v) is 9.33. The van der Waals surface area contributed by atoms with Gasteiger partial charge in [0.15, 0.2) is 0 Å². The minimum absolute atomic E-state index is 0.414. The molecule has 1 unspecified atom stereocenters. The summed E-state index contributed by atoms with van der Waals surface area (Å²) in [5.74, 6) is 0.857. The number of ether oxygens (including phenoxy) is 1. The number of likely N-dealkylation sites (N-methyl/N-ethyl adjacent to an activating group) is 2. The van der Waals surface area contributed by atoms with Gasteiger partial charge < -0.3 is 10.1 Å². The number of hydrogen-bond donors (Lipinski definition) is 1. The standard InChI is InChI=1S/C18H36N2O/c1-4-19-17(15-16-9-13-21-14-10-16)18(11-7-8-12-18)20(5-2)6-3/h16-17,19H,4-15H2,1-3H3. The first-order chi connectivity index (χ1) is 10.3. The highest BCUT2D eigenvalue weighted by atomic mass is 16.5. The van der Waals surface area contributed by atoms with Gasteiger partial charge in [0, 0.05) is 24.8 Å². The summed E-state index contributed by atoms with van der Waals surface area (Å²) in [5.41, 5.74) is 0.414. The average molecular weight is 296 g/mol. The van der Waals surface area contributed by atoms with Gasteiger partial charge in [-0.15, -0.1) is 0 Å². The van der Waals surface area contributed by atoms with Gasteiger partial charge in [0.1, 0.15) is 0 Å². The summed E-state index contributed by atoms with van der Waals surface area (Å²) in [7, 11) is 0. The quantitative estimate of drug-likeness (QED) is 0.742. The third kappa shape index (κ3) is 4.00. The van der Waals surface area contributed by atoms with Gasteiger partial charge in [-0.25, -0.2) is 0 Å². The molecule has 1 aliphatic carbocycles. The Balaban J connectivity index is 2.11. The van der Waals surface area contributed by atoms with Crippen LogP contribution in [-0.4, -0.2) is 49.3 Å². The molecular formula is C18H36N2O. The first kappa shape index (κ1) is 17.2. The van der Waals surface area contributed by atoms with Crippen molar-refractivity contribution in [3.63, 3.8) is 0 Å². The van der Waals surface area contributed by atoms with E-state index >= 15 is 0 Å². The number of hydrogen-bond acceptors (Lipinski definition) is 3. The molecule has 1 aliphatic heterocycles. The molecular weight excluding hydrogens is 260 g/mol. The van der Waals surface area contributed by atoms with Crippen LogP contribution >= 0.6 is 0 Å². The Labute approximate surface area is 131 Å². The lowest BCUT2D eigenvalue weighted by molar-refractivity contribution is 0.0275. The Morgan fingerprint density at radius 3 is 2.24 bits per heavy atom. The van der Waals surface area contributed by atoms with Crippen LogP contribution in [0.1, 0.15) is 65.7 Å². The van der Waals surface area contributed by atoms with Gasteiger partial charge in [-0.2, -0.15) is 0 Å². The summed E-state index contributed by atoms with van der Waals surface area (Å²) in [6.07, 6.45) is 9.45. The highest BCUT2D eigenvalue weighted by molar-refractivity contribution is 5.03. The third-order valence-electron chi connectivity index (χ3n) is 5.87. The smallest absolute Gasteiger partial charge is 0.0468 e. The Morgan fingerprint density at radius 2 is 1.71 bits per heavy atom. The second kappa shape index (κ2) is 8.50. The van der Waals surface area contributed by atoms with Crippen molar-refractivity contribution in [2.24, 2.45) is 5.92 Å². The van der Waals surface area contributed by atoms with Gasteiger partial charge in [0.05, 0.1) is 0 Å². The van der Waals surface area contributed by atoms with Crippen molar-refractivity contribution >= 4 is 0 Å². The van der Waals surface area contributed by atoms with Crippen molar-refractivity contribution in [1.29, 1.82) is 0 Å². The van der Waals surface area contributed by atoms with Crippen molar-refractivity contribution < 1.29 is 4.74 Å². The summed E-state index contributed by atoms with van der Waals surface area (Å²) in [6, 6.07) is 0.660. The normalized spacial score (nSPS) is 24.6. The van der Waals surface area contributed by atoms with Crippen LogP contribution in [0, 0.1) is 5.92 Å². The lowest BCUT2D eigenvalue weighted by Crippen LogP contribution is -2.60. The fourth-order valence-electron chi connectivity index (χ4n) is 4.78. The molecule has 2 aliphatic rings. The maximum Gasteiger partial charge on any atom is 0.0468 e. The molecule has 0 bridgehead atoms. The van der Waals surface area contributed by atoms with Crippen LogP contribution in [-0.2, 0) is 4.74 Å². The summed E-state index contributed by atoms with van der Waals surface area (Å²) in [4.78, 5) is 2.76. The lowest BCUT2D eigenvalue weighted by Gasteiger charge is -2.48. The van der Waals surface area contributed by atoms with Crippen molar-refractivity contribution in [1.82, 2.24) is 10.2 Å². The zero-order valence-electron chi connectivity index (χ0n) is 14.5. The van der Waals surface area contributed by atoms with Crippen LogP contribution in [0.25, 0.3) is 0 Å². The molecule has 2 fully saturated rings. The Bertz CT molecular complexity index is 279. The van der Waals surface area contributed by atoms with Crippen LogP contribution < -0.4 is 5.32 Å². The molecule has 21 heavy (non-hydrogen) atoms. The fraction of sp³-hybridized carbons (Fsp3) is 1.00. The van der Waals surface area contributed by atoms with Crippen molar-refractivity contribution in [2.75, 3.05) is 32.8 Å². The average Bonchev–Trinajstić information content (AvgIpc) is 3.00. The van der Waals surface area contributed by atoms with E-state index in [1.807, 2.05) is 0 Å². The highest BCUT2D eigenvalue weighted by Gasteiger charge is 2.45. The van der Waals surface area contributed by atoms with Gasteiger partial charge >= 0.3 is 0 Å². The van der Waals surface area contributed by atoms with Gasteiger partial charge in [-0.05, 0) is 57.7 Å². The van der Waals surface area contributed by atoms with Gasteiger partial charge in [-0.3, -0.25) is 4.90 Å². The zero-order valence-corrected chi connectivity index (χ0v) is 14.5. The second-order valence-corrected chi connectivity index (χ2v) is 6.88. The first-order valence-electron chi connectivity index (χ1n) is 9.33. The molecule has 3 heteroatoms. The lowest BCUT2D eigenvalue weighted by atomic mass is 9.79. The van der Waals surface area contributed by atoms with Crippen LogP contribution in [0.15, 0.2) is 0 Å². The van der Waals surface area contributed by atoms with E-state index < -0.39 is 0 Å². The largest absolute Gasteiger partial charge is 0.381 e. The summed E-state index contributed by atoms with van der Waals surface area (Å²) >= 11 is 0. The van der Waals surface area contributed by atoms with E-state index in [4.69, 9.17) is 4.74 Å². The number of rotatable bonds is 8. The molecule has 0 aromatic heterocycles. The minimum Gasteiger partial charge on any atom is -0.381 e. The Kier molecular flexibility index (Phi) is 6.97. The summed E-state index contributed by atoms with van der Waals surface area (Å²) in [6.45, 7) is 12.3. The molecule has 0 aromatic carbocycles. The Morgan fingerprint density at radius 1 is 1.10 bits per heavy atom. The van der Waals surface area contributed by atoms with Crippen LogP contribution in [0.3, 0.4) is 0 Å². The molecule has 3 nitrogen and oxygen atoms in total. The van der Waals surface area contributed by atoms with Crippen molar-refractivity contribution in [3.8, 4) is 0 Å². The van der Waals surface area contributed by atoms with E-state index in [-0.39, 0.29) is 0 Å². The van der Waals surface area contributed by atoms with E-state index in [0.717, 1.165) is 25.7 Å². The summed E-state index contributed by atoms with van der Waals surface area (Å²) in [5, 5.41) is 3.88. The van der Waals surface area contributed by atoms with Crippen molar-refractivity contribution in [3.05, 3.63) is 0 Å². The van der Waals surface area contributed by atoms with Gasteiger partial charge in [-0.1, -0.05) is 33.6 Å². The molecule has 1 atom stereocenters. The van der Waals surface area contributed by atoms with Crippen LogP contribution in [0.4, 0.5) is 0 Å². The monoisotopic (exact) mass is 296 g/mol. The molecule has 2 rings (SSSR count). The molecule has 124 valence electrons. The third-order valence-corrected chi connectivity index (χ3v) is 5.87. The fourth-order valence-corrected chi connectivity index (χ4v) is 4.78. The number of nitrogens with one attached hydrogen (secondary N) is 1. The van der Waals surface area contributed by atoms with E-state index in [0.29, 0.717) is 11.6 Å². The summed E-state index contributed by atoms with van der Waals surface area (Å²) < 4.78 is 5.55. The molecule has 0 radical (unpaired) electrons. The molecule has 0 amide bonds. The molecule has 0 aromatic rings. The molecule has 1 saturated heterocycles. The molecule has 1 saturated carbocycles. The maximum absolute atomic E-state index is 5.55. The van der Waals surface area contributed by atoms with Crippen LogP contribution in [0.2, 0.25) is 0 Å². The SMILES string of the molecule is CCNC(CC1CCOCC1)C1(N(CC)CC)CCCC1. The van der Waals surface area contributed by atoms with Crippen molar-refractivity contribution in [2.45, 2.75) is 77.3 Å². The predicted octanol–water partition coefficient (Wildman–Crippen LogP) is 3.44. The van der Waals surface area contributed by atoms with E-state index in [2.05, 4.69) is 31.0 Å². The zero-order chi connectivity index (χ0) is 15.1. The van der Waals surface area contributed by atoms with Gasteiger partial charge in [0.25, 0.3) is 0 Å². The van der Waals surface area contributed by atoms with E-state index in [9.17, 15) is 0 Å². The Hall–Kier alpha value is -0.120. The minimum atomic E-state index is 0.414. The highest BCUT2D eigenvalue weighted by Crippen LogP contribution is 2.40. The topological polar surface area (TPSA) is 24.5 Å². The molecule has 1 N–H and O–H groups in total. The van der Waals surface area contributed by atoms with Crippen LogP contribution in [0.5, 0.6) is 0 Å².